The second-order valence-electron chi connectivity index (χ2n) is 29.0. The van der Waals surface area contributed by atoms with Gasteiger partial charge < -0.3 is 23.7 Å². The first-order valence-corrected chi connectivity index (χ1v) is 37.0. The maximum Gasteiger partial charge on any atom is 0.308 e. The van der Waals surface area contributed by atoms with Crippen LogP contribution >= 0.6 is 0 Å². The zero-order valence-corrected chi connectivity index (χ0v) is 56.7. The fourth-order valence-electron chi connectivity index (χ4n) is 16.3. The SMILES string of the molecule is CCCCCCCCCCCCCCCC(=O)OCC(COC(=O)CCCCCCCCCCCCCCC)OC(=O)CC(C)CCCCCCCC(C)C(=O)OCCCCC(=O)O[C@H]1CC[C@@]2(C)[C@@H](CC[C@@H]3[C@@H]2CC[C@]2(C)[C@@H](C(C)=O)CC[C@@H]32)C1. The molecule has 11 nitrogen and oxygen atoms in total. The van der Waals surface area contributed by atoms with E-state index in [4.69, 9.17) is 23.7 Å². The van der Waals surface area contributed by atoms with E-state index in [1.54, 1.807) is 0 Å². The largest absolute Gasteiger partial charge is 0.465 e. The van der Waals surface area contributed by atoms with Crippen molar-refractivity contribution in [2.45, 2.75) is 369 Å². The number of hydrogen-bond acceptors (Lipinski definition) is 11. The smallest absolute Gasteiger partial charge is 0.308 e. The summed E-state index contributed by atoms with van der Waals surface area (Å²) < 4.78 is 28.8. The summed E-state index contributed by atoms with van der Waals surface area (Å²) in [6.45, 7) is 15.4. The van der Waals surface area contributed by atoms with Crippen molar-refractivity contribution in [1.82, 2.24) is 0 Å². The van der Waals surface area contributed by atoms with E-state index in [9.17, 15) is 28.8 Å². The molecule has 86 heavy (non-hydrogen) atoms. The molecule has 0 aromatic carbocycles. The number of Topliss-reactive ketones (excluding diaryl/α,β-unsaturated/α-hetero) is 1. The van der Waals surface area contributed by atoms with Crippen LogP contribution in [0.3, 0.4) is 0 Å². The first-order chi connectivity index (χ1) is 41.6. The van der Waals surface area contributed by atoms with Gasteiger partial charge in [-0.3, -0.25) is 28.8 Å². The number of fused-ring (bicyclic) bond motifs is 5. The number of carbonyl (C=O) groups is 6. The molecule has 11 heteroatoms. The van der Waals surface area contributed by atoms with Crippen molar-refractivity contribution in [3.8, 4) is 0 Å². The number of ketones is 1. The Hall–Kier alpha value is -2.98. The van der Waals surface area contributed by atoms with Gasteiger partial charge >= 0.3 is 29.8 Å². The highest BCUT2D eigenvalue weighted by molar-refractivity contribution is 5.79. The van der Waals surface area contributed by atoms with Crippen LogP contribution in [0.25, 0.3) is 0 Å². The molecule has 0 bridgehead atoms. The van der Waals surface area contributed by atoms with Gasteiger partial charge in [-0.1, -0.05) is 234 Å². The van der Waals surface area contributed by atoms with Gasteiger partial charge in [0.05, 0.1) is 12.5 Å². The summed E-state index contributed by atoms with van der Waals surface area (Å²) >= 11 is 0. The Morgan fingerprint density at radius 3 is 1.43 bits per heavy atom. The molecule has 0 radical (unpaired) electrons. The van der Waals surface area contributed by atoms with Gasteiger partial charge in [-0.15, -0.1) is 0 Å². The molecule has 4 rings (SSSR count). The highest BCUT2D eigenvalue weighted by Gasteiger charge is 2.61. The molecule has 0 spiro atoms. The maximum absolute atomic E-state index is 13.2. The van der Waals surface area contributed by atoms with Crippen molar-refractivity contribution in [3.05, 3.63) is 0 Å². The molecular formula is C75H132O11. The third-order valence-corrected chi connectivity index (χ3v) is 21.8. The van der Waals surface area contributed by atoms with Crippen LogP contribution in [-0.2, 0) is 52.5 Å². The topological polar surface area (TPSA) is 149 Å². The molecule has 0 aromatic rings. The fourth-order valence-corrected chi connectivity index (χ4v) is 16.3. The molecule has 498 valence electrons. The summed E-state index contributed by atoms with van der Waals surface area (Å²) in [6.07, 6.45) is 50.7. The summed E-state index contributed by atoms with van der Waals surface area (Å²) in [7, 11) is 0. The second kappa shape index (κ2) is 44.5. The molecule has 0 saturated heterocycles. The normalized spacial score (nSPS) is 24.0. The van der Waals surface area contributed by atoms with Crippen LogP contribution in [0.1, 0.15) is 357 Å². The number of rotatable bonds is 51. The summed E-state index contributed by atoms with van der Waals surface area (Å²) in [4.78, 5) is 77.1. The average Bonchev–Trinajstić information content (AvgIpc) is 1.34. The van der Waals surface area contributed by atoms with Crippen molar-refractivity contribution >= 4 is 35.6 Å². The van der Waals surface area contributed by atoms with Crippen LogP contribution in [0.4, 0.5) is 0 Å². The summed E-state index contributed by atoms with van der Waals surface area (Å²) in [6, 6.07) is 0. The third kappa shape index (κ3) is 29.3. The zero-order valence-electron chi connectivity index (χ0n) is 56.7. The lowest BCUT2D eigenvalue weighted by Gasteiger charge is -2.61. The van der Waals surface area contributed by atoms with Crippen LogP contribution in [0, 0.1) is 52.3 Å². The van der Waals surface area contributed by atoms with Gasteiger partial charge in [0.25, 0.3) is 0 Å². The van der Waals surface area contributed by atoms with Crippen molar-refractivity contribution in [2.24, 2.45) is 52.3 Å². The molecular weight excluding hydrogens is 1080 g/mol. The summed E-state index contributed by atoms with van der Waals surface area (Å²) in [5.41, 5.74) is 0.483. The molecule has 10 atom stereocenters. The number of ether oxygens (including phenoxy) is 5. The fraction of sp³-hybridized carbons (Fsp3) is 0.920. The van der Waals surface area contributed by atoms with E-state index in [2.05, 4.69) is 34.6 Å². The molecule has 4 aliphatic rings. The van der Waals surface area contributed by atoms with Gasteiger partial charge in [0.15, 0.2) is 6.10 Å². The number of carbonyl (C=O) groups excluding carboxylic acids is 6. The van der Waals surface area contributed by atoms with Gasteiger partial charge in [-0.05, 0) is 137 Å². The van der Waals surface area contributed by atoms with E-state index in [1.165, 1.54) is 161 Å². The van der Waals surface area contributed by atoms with E-state index in [0.29, 0.717) is 61.7 Å². The highest BCUT2D eigenvalue weighted by Crippen LogP contribution is 2.67. The van der Waals surface area contributed by atoms with Crippen molar-refractivity contribution in [3.63, 3.8) is 0 Å². The van der Waals surface area contributed by atoms with Gasteiger partial charge in [0.2, 0.25) is 0 Å². The lowest BCUT2D eigenvalue weighted by Crippen LogP contribution is -2.54. The van der Waals surface area contributed by atoms with E-state index in [-0.39, 0.29) is 78.8 Å². The highest BCUT2D eigenvalue weighted by atomic mass is 16.6. The second-order valence-corrected chi connectivity index (χ2v) is 29.0. The van der Waals surface area contributed by atoms with Gasteiger partial charge in [0.1, 0.15) is 25.1 Å². The van der Waals surface area contributed by atoms with Gasteiger partial charge in [-0.25, -0.2) is 0 Å². The molecule has 4 fully saturated rings. The monoisotopic (exact) mass is 1210 g/mol. The van der Waals surface area contributed by atoms with Crippen molar-refractivity contribution < 1.29 is 52.5 Å². The first kappa shape index (κ1) is 75.5. The van der Waals surface area contributed by atoms with Crippen LogP contribution in [0.5, 0.6) is 0 Å². The van der Waals surface area contributed by atoms with Crippen LogP contribution in [0.2, 0.25) is 0 Å². The number of hydrogen-bond donors (Lipinski definition) is 0. The minimum absolute atomic E-state index is 0.000819. The molecule has 0 amide bonds. The first-order valence-electron chi connectivity index (χ1n) is 37.0. The zero-order chi connectivity index (χ0) is 62.3. The Morgan fingerprint density at radius 2 is 0.907 bits per heavy atom. The van der Waals surface area contributed by atoms with E-state index in [1.807, 2.05) is 13.8 Å². The Kier molecular flexibility index (Phi) is 39.0. The molecule has 0 N–H and O–H groups in total. The minimum Gasteiger partial charge on any atom is -0.465 e. The Balaban J connectivity index is 1.02. The van der Waals surface area contributed by atoms with E-state index in [0.717, 1.165) is 121 Å². The van der Waals surface area contributed by atoms with Crippen molar-refractivity contribution in [1.29, 1.82) is 0 Å². The number of esters is 5. The van der Waals surface area contributed by atoms with Crippen LogP contribution < -0.4 is 0 Å². The summed E-state index contributed by atoms with van der Waals surface area (Å²) in [5, 5.41) is 0. The predicted octanol–water partition coefficient (Wildman–Crippen LogP) is 20.2. The molecule has 0 aliphatic heterocycles. The van der Waals surface area contributed by atoms with Crippen LogP contribution in [-0.4, -0.2) is 67.7 Å². The Morgan fingerprint density at radius 1 is 0.453 bits per heavy atom. The Labute approximate surface area is 526 Å². The van der Waals surface area contributed by atoms with Gasteiger partial charge in [0, 0.05) is 31.6 Å². The lowest BCUT2D eigenvalue weighted by molar-refractivity contribution is -0.167. The van der Waals surface area contributed by atoms with Crippen molar-refractivity contribution in [2.75, 3.05) is 19.8 Å². The maximum atomic E-state index is 13.2. The molecule has 0 aromatic heterocycles. The molecule has 4 saturated carbocycles. The lowest BCUT2D eigenvalue weighted by atomic mass is 9.44. The number of unbranched alkanes of at least 4 members (excludes halogenated alkanes) is 29. The summed E-state index contributed by atoms with van der Waals surface area (Å²) in [5.74, 6) is 2.03. The van der Waals surface area contributed by atoms with Crippen LogP contribution in [0.15, 0.2) is 0 Å². The average molecular weight is 1210 g/mol. The van der Waals surface area contributed by atoms with E-state index < -0.39 is 6.10 Å². The van der Waals surface area contributed by atoms with Gasteiger partial charge in [-0.2, -0.15) is 0 Å². The minimum atomic E-state index is -0.836. The standard InChI is InChI=1S/C75H132O11/c1-8-10-12-14-16-18-20-22-24-26-28-33-37-43-69(77)83-57-64(58-84-70(78)44-38-34-29-27-25-23-21-19-17-15-13-11-9-2)86-72(80)55-59(3)41-35-31-30-32-36-42-60(4)73(81)82-54-40-39-45-71(79)85-63-50-52-74(6)62(56-63)46-47-65-67-49-48-66(61(5)76)75(67,7)53-51-68(65)74/h59-60,62-68H,8-58H2,1-7H3/t59?,60?,62-,63-,65-,66+,67-,68-,74-,75+/m0/s1. The molecule has 2 unspecified atom stereocenters. The third-order valence-electron chi connectivity index (χ3n) is 21.8. The quantitative estimate of drug-likeness (QED) is 0.0325. The predicted molar refractivity (Wildman–Crippen MR) is 348 cm³/mol. The molecule has 0 heterocycles. The Bertz CT molecular complexity index is 1820. The van der Waals surface area contributed by atoms with E-state index >= 15 is 0 Å². The molecule has 4 aliphatic carbocycles.